The largest absolute Gasteiger partial charge is 0.504 e. The molecular formula is C22H21NO3S. The van der Waals surface area contributed by atoms with Gasteiger partial charge in [0.1, 0.15) is 6.61 Å². The first-order valence-electron chi connectivity index (χ1n) is 8.97. The van der Waals surface area contributed by atoms with Crippen LogP contribution >= 0.6 is 11.3 Å². The third kappa shape index (κ3) is 3.83. The number of rotatable bonds is 3. The van der Waals surface area contributed by atoms with Gasteiger partial charge >= 0.3 is 0 Å². The van der Waals surface area contributed by atoms with Gasteiger partial charge in [-0.05, 0) is 42.3 Å². The van der Waals surface area contributed by atoms with E-state index in [2.05, 4.69) is 19.1 Å². The van der Waals surface area contributed by atoms with Gasteiger partial charge in [0.05, 0.1) is 13.0 Å². The summed E-state index contributed by atoms with van der Waals surface area (Å²) in [6.07, 6.45) is 0.367. The molecule has 2 aromatic carbocycles. The molecule has 5 heteroatoms. The Kier molecular flexibility index (Phi) is 4.86. The highest BCUT2D eigenvalue weighted by molar-refractivity contribution is 7.15. The minimum Gasteiger partial charge on any atom is -0.504 e. The zero-order valence-corrected chi connectivity index (χ0v) is 16.0. The SMILES string of the molecule is Cc1ccc(-c2cc(O)c3c(c2)CN(C(=O)Cc2ccccc2)CCO3)s1. The number of aryl methyl sites for hydroxylation is 1. The van der Waals surface area contributed by atoms with Gasteiger partial charge in [0.25, 0.3) is 0 Å². The Labute approximate surface area is 162 Å². The third-order valence-corrected chi connectivity index (χ3v) is 5.74. The highest BCUT2D eigenvalue weighted by atomic mass is 32.1. The number of carbonyl (C=O) groups is 1. The Bertz CT molecular complexity index is 965. The number of hydrogen-bond donors (Lipinski definition) is 1. The molecule has 4 nitrogen and oxygen atoms in total. The van der Waals surface area contributed by atoms with Gasteiger partial charge in [0.2, 0.25) is 5.91 Å². The number of amides is 1. The van der Waals surface area contributed by atoms with Crippen molar-refractivity contribution in [1.82, 2.24) is 4.90 Å². The first-order chi connectivity index (χ1) is 13.1. The Balaban J connectivity index is 1.60. The number of hydrogen-bond acceptors (Lipinski definition) is 4. The van der Waals surface area contributed by atoms with Crippen LogP contribution in [0.3, 0.4) is 0 Å². The van der Waals surface area contributed by atoms with Gasteiger partial charge in [-0.25, -0.2) is 0 Å². The lowest BCUT2D eigenvalue weighted by molar-refractivity contribution is -0.131. The van der Waals surface area contributed by atoms with Gasteiger partial charge in [0.15, 0.2) is 11.5 Å². The van der Waals surface area contributed by atoms with Gasteiger partial charge in [-0.2, -0.15) is 0 Å². The number of benzene rings is 2. The van der Waals surface area contributed by atoms with E-state index in [0.717, 1.165) is 21.6 Å². The molecule has 1 amide bonds. The first-order valence-corrected chi connectivity index (χ1v) is 9.79. The molecule has 138 valence electrons. The predicted molar refractivity (Wildman–Crippen MR) is 107 cm³/mol. The molecule has 2 heterocycles. The molecule has 0 radical (unpaired) electrons. The number of carbonyl (C=O) groups excluding carboxylic acids is 1. The number of nitrogens with zero attached hydrogens (tertiary/aromatic N) is 1. The molecule has 4 rings (SSSR count). The molecule has 1 N–H and O–H groups in total. The molecule has 0 saturated carbocycles. The number of phenolic OH excluding ortho intramolecular Hbond substituents is 1. The number of phenols is 1. The molecule has 0 aliphatic carbocycles. The van der Waals surface area contributed by atoms with Crippen LogP contribution in [0.2, 0.25) is 0 Å². The van der Waals surface area contributed by atoms with Crippen LogP contribution in [0.1, 0.15) is 16.0 Å². The number of ether oxygens (including phenoxy) is 1. The Hall–Kier alpha value is -2.79. The monoisotopic (exact) mass is 379 g/mol. The molecule has 0 spiro atoms. The van der Waals surface area contributed by atoms with E-state index in [0.29, 0.717) is 31.9 Å². The molecular weight excluding hydrogens is 358 g/mol. The summed E-state index contributed by atoms with van der Waals surface area (Å²) >= 11 is 1.68. The highest BCUT2D eigenvalue weighted by Crippen LogP contribution is 2.39. The van der Waals surface area contributed by atoms with Crippen LogP contribution in [0.5, 0.6) is 11.5 Å². The lowest BCUT2D eigenvalue weighted by Gasteiger charge is -2.20. The number of aromatic hydroxyl groups is 1. The van der Waals surface area contributed by atoms with Gasteiger partial charge < -0.3 is 14.7 Å². The van der Waals surface area contributed by atoms with Crippen molar-refractivity contribution in [2.45, 2.75) is 19.9 Å². The summed E-state index contributed by atoms with van der Waals surface area (Å²) in [7, 11) is 0. The molecule has 1 aliphatic heterocycles. The minimum atomic E-state index is 0.0644. The number of fused-ring (bicyclic) bond motifs is 1. The maximum Gasteiger partial charge on any atom is 0.227 e. The van der Waals surface area contributed by atoms with Crippen LogP contribution in [0, 0.1) is 6.92 Å². The average molecular weight is 379 g/mol. The summed E-state index contributed by atoms with van der Waals surface area (Å²) < 4.78 is 5.77. The smallest absolute Gasteiger partial charge is 0.227 e. The van der Waals surface area contributed by atoms with E-state index < -0.39 is 0 Å². The van der Waals surface area contributed by atoms with E-state index in [1.165, 1.54) is 4.88 Å². The third-order valence-electron chi connectivity index (χ3n) is 4.69. The second kappa shape index (κ2) is 7.45. The predicted octanol–water partition coefficient (Wildman–Crippen LogP) is 4.39. The fraction of sp³-hybridized carbons (Fsp3) is 0.227. The second-order valence-electron chi connectivity index (χ2n) is 6.72. The summed E-state index contributed by atoms with van der Waals surface area (Å²) in [5, 5.41) is 10.5. The van der Waals surface area contributed by atoms with Crippen LogP contribution in [-0.2, 0) is 17.8 Å². The minimum absolute atomic E-state index is 0.0644. The van der Waals surface area contributed by atoms with Crippen molar-refractivity contribution in [3.05, 3.63) is 70.6 Å². The quantitative estimate of drug-likeness (QED) is 0.734. The van der Waals surface area contributed by atoms with Crippen molar-refractivity contribution in [2.24, 2.45) is 0 Å². The van der Waals surface area contributed by atoms with Crippen LogP contribution in [0.4, 0.5) is 0 Å². The molecule has 27 heavy (non-hydrogen) atoms. The van der Waals surface area contributed by atoms with Crippen molar-refractivity contribution in [3.63, 3.8) is 0 Å². The number of thiophene rings is 1. The lowest BCUT2D eigenvalue weighted by Crippen LogP contribution is -2.33. The second-order valence-corrected chi connectivity index (χ2v) is 8.01. The Morgan fingerprint density at radius 1 is 1.19 bits per heavy atom. The van der Waals surface area contributed by atoms with Gasteiger partial charge in [-0.1, -0.05) is 30.3 Å². The molecule has 0 fully saturated rings. The molecule has 0 atom stereocenters. The van der Waals surface area contributed by atoms with Crippen LogP contribution in [0.15, 0.2) is 54.6 Å². The van der Waals surface area contributed by atoms with Gasteiger partial charge in [-0.15, -0.1) is 11.3 Å². The summed E-state index contributed by atoms with van der Waals surface area (Å²) in [5.41, 5.74) is 2.79. The van der Waals surface area contributed by atoms with E-state index in [1.807, 2.05) is 41.3 Å². The van der Waals surface area contributed by atoms with E-state index in [-0.39, 0.29) is 11.7 Å². The highest BCUT2D eigenvalue weighted by Gasteiger charge is 2.23. The van der Waals surface area contributed by atoms with Crippen molar-refractivity contribution < 1.29 is 14.6 Å². The lowest BCUT2D eigenvalue weighted by atomic mass is 10.1. The van der Waals surface area contributed by atoms with E-state index >= 15 is 0 Å². The Morgan fingerprint density at radius 2 is 2.00 bits per heavy atom. The van der Waals surface area contributed by atoms with Crippen molar-refractivity contribution >= 4 is 17.2 Å². The van der Waals surface area contributed by atoms with Crippen molar-refractivity contribution in [3.8, 4) is 21.9 Å². The zero-order chi connectivity index (χ0) is 18.8. The summed E-state index contributed by atoms with van der Waals surface area (Å²) in [5.74, 6) is 0.683. The van der Waals surface area contributed by atoms with Crippen molar-refractivity contribution in [1.29, 1.82) is 0 Å². The van der Waals surface area contributed by atoms with Crippen LogP contribution in [-0.4, -0.2) is 29.1 Å². The van der Waals surface area contributed by atoms with E-state index in [1.54, 1.807) is 17.4 Å². The molecule has 1 aromatic heterocycles. The van der Waals surface area contributed by atoms with E-state index in [4.69, 9.17) is 4.74 Å². The standard InChI is InChI=1S/C22H21NO3S/c1-15-7-8-20(27-15)17-12-18-14-23(9-10-26-22(18)19(24)13-17)21(25)11-16-5-3-2-4-6-16/h2-8,12-13,24H,9-11,14H2,1H3. The molecule has 1 aliphatic rings. The summed E-state index contributed by atoms with van der Waals surface area (Å²) in [4.78, 5) is 16.9. The fourth-order valence-electron chi connectivity index (χ4n) is 3.33. The molecule has 0 bridgehead atoms. The van der Waals surface area contributed by atoms with Crippen molar-refractivity contribution in [2.75, 3.05) is 13.2 Å². The summed E-state index contributed by atoms with van der Waals surface area (Å²) in [6.45, 7) is 3.38. The zero-order valence-electron chi connectivity index (χ0n) is 15.1. The van der Waals surface area contributed by atoms with Crippen LogP contribution < -0.4 is 4.74 Å². The maximum atomic E-state index is 12.8. The van der Waals surface area contributed by atoms with Gasteiger partial charge in [-0.3, -0.25) is 4.79 Å². The topological polar surface area (TPSA) is 49.8 Å². The van der Waals surface area contributed by atoms with E-state index in [9.17, 15) is 9.90 Å². The summed E-state index contributed by atoms with van der Waals surface area (Å²) in [6, 6.07) is 17.6. The normalized spacial score (nSPS) is 13.6. The first kappa shape index (κ1) is 17.6. The van der Waals surface area contributed by atoms with Crippen LogP contribution in [0.25, 0.3) is 10.4 Å². The van der Waals surface area contributed by atoms with Gasteiger partial charge in [0, 0.05) is 21.9 Å². The molecule has 3 aromatic rings. The Morgan fingerprint density at radius 3 is 2.74 bits per heavy atom. The molecule has 0 unspecified atom stereocenters. The maximum absolute atomic E-state index is 12.8. The molecule has 0 saturated heterocycles. The fourth-order valence-corrected chi connectivity index (χ4v) is 4.18. The average Bonchev–Trinajstić information content (AvgIpc) is 2.97.